The van der Waals surface area contributed by atoms with Gasteiger partial charge in [0.05, 0.1) is 43.2 Å². The first-order valence-corrected chi connectivity index (χ1v) is 18.1. The van der Waals surface area contributed by atoms with Crippen molar-refractivity contribution >= 4 is 92.1 Å². The van der Waals surface area contributed by atoms with Crippen molar-refractivity contribution in [2.45, 2.75) is 0 Å². The van der Waals surface area contributed by atoms with E-state index in [4.69, 9.17) is 4.98 Å². The maximum absolute atomic E-state index is 13.8. The number of nitrogens with zero attached hydrogens (tertiary/aromatic N) is 5. The van der Waals surface area contributed by atoms with Crippen LogP contribution in [0.1, 0.15) is 0 Å². The van der Waals surface area contributed by atoms with Gasteiger partial charge in [-0.25, -0.2) is 4.98 Å². The molecule has 0 atom stereocenters. The number of benzene rings is 7. The van der Waals surface area contributed by atoms with Crippen molar-refractivity contribution in [3.05, 3.63) is 162 Å². The van der Waals surface area contributed by atoms with E-state index in [1.54, 1.807) is 11.3 Å². The molecule has 242 valence electrons. The van der Waals surface area contributed by atoms with E-state index < -0.39 is 0 Å². The fraction of sp³-hybridized carbons (Fsp3) is 0. The molecular formula is C45H25N5OS. The van der Waals surface area contributed by atoms with Crippen LogP contribution in [0.4, 0.5) is 0 Å². The minimum Gasteiger partial charge on any atom is -0.309 e. The molecule has 0 bridgehead atoms. The monoisotopic (exact) mass is 683 g/mol. The van der Waals surface area contributed by atoms with E-state index >= 15 is 0 Å². The molecule has 0 saturated heterocycles. The van der Waals surface area contributed by atoms with Gasteiger partial charge in [0.2, 0.25) is 0 Å². The topological polar surface area (TPSA) is 57.1 Å². The molecule has 6 nitrogen and oxygen atoms in total. The molecule has 0 unspecified atom stereocenters. The van der Waals surface area contributed by atoms with Gasteiger partial charge >= 0.3 is 0 Å². The minimum atomic E-state index is -0.227. The average Bonchev–Trinajstić information content (AvgIpc) is 3.84. The molecule has 0 fully saturated rings. The Morgan fingerprint density at radius 2 is 1.04 bits per heavy atom. The Morgan fingerprint density at radius 1 is 0.462 bits per heavy atom. The third kappa shape index (κ3) is 3.69. The van der Waals surface area contributed by atoms with Crippen LogP contribution in [-0.2, 0) is 0 Å². The van der Waals surface area contributed by atoms with Gasteiger partial charge in [-0.1, -0.05) is 90.2 Å². The van der Waals surface area contributed by atoms with Crippen LogP contribution in [0.5, 0.6) is 0 Å². The second-order valence-electron chi connectivity index (χ2n) is 13.4. The Hall–Kier alpha value is -6.83. The molecule has 12 rings (SSSR count). The lowest BCUT2D eigenvalue weighted by Crippen LogP contribution is -2.11. The maximum atomic E-state index is 13.8. The summed E-state index contributed by atoms with van der Waals surface area (Å²) in [5, 5.41) is 6.25. The van der Waals surface area contributed by atoms with Crippen LogP contribution < -0.4 is 5.56 Å². The molecule has 0 aliphatic heterocycles. The molecule has 0 spiro atoms. The largest absolute Gasteiger partial charge is 0.309 e. The van der Waals surface area contributed by atoms with Crippen LogP contribution in [0.15, 0.2) is 156 Å². The second kappa shape index (κ2) is 10.1. The molecule has 7 aromatic carbocycles. The Balaban J connectivity index is 1.07. The minimum absolute atomic E-state index is 0.227. The highest BCUT2D eigenvalue weighted by Gasteiger charge is 2.21. The third-order valence-corrected chi connectivity index (χ3v) is 11.6. The second-order valence-corrected chi connectivity index (χ2v) is 14.4. The van der Waals surface area contributed by atoms with Crippen molar-refractivity contribution in [3.63, 3.8) is 0 Å². The van der Waals surface area contributed by atoms with Crippen molar-refractivity contribution in [3.8, 4) is 22.5 Å². The molecular weight excluding hydrogens is 659 g/mol. The predicted octanol–water partition coefficient (Wildman–Crippen LogP) is 10.9. The van der Waals surface area contributed by atoms with Gasteiger partial charge in [0.15, 0.2) is 10.6 Å². The van der Waals surface area contributed by atoms with Gasteiger partial charge in [0.1, 0.15) is 0 Å². The van der Waals surface area contributed by atoms with Crippen molar-refractivity contribution in [2.75, 3.05) is 0 Å². The summed E-state index contributed by atoms with van der Waals surface area (Å²) in [4.78, 5) is 24.2. The average molecular weight is 684 g/mol. The fourth-order valence-corrected chi connectivity index (χ4v) is 9.48. The molecule has 0 saturated carbocycles. The van der Waals surface area contributed by atoms with Crippen molar-refractivity contribution in [1.82, 2.24) is 23.5 Å². The first kappa shape index (κ1) is 27.9. The van der Waals surface area contributed by atoms with Crippen LogP contribution in [0.3, 0.4) is 0 Å². The lowest BCUT2D eigenvalue weighted by Gasteiger charge is -2.11. The molecule has 0 radical (unpaired) electrons. The van der Waals surface area contributed by atoms with E-state index in [1.165, 1.54) is 27.4 Å². The van der Waals surface area contributed by atoms with Crippen LogP contribution in [0, 0.1) is 0 Å². The number of aromatic nitrogens is 5. The highest BCUT2D eigenvalue weighted by atomic mass is 32.1. The lowest BCUT2D eigenvalue weighted by molar-refractivity contribution is 1.16. The first-order valence-electron chi connectivity index (χ1n) is 17.3. The van der Waals surface area contributed by atoms with Gasteiger partial charge in [0, 0.05) is 38.3 Å². The van der Waals surface area contributed by atoms with Crippen LogP contribution >= 0.6 is 11.3 Å². The molecule has 0 N–H and O–H groups in total. The van der Waals surface area contributed by atoms with Gasteiger partial charge in [-0.05, 0) is 83.9 Å². The summed E-state index contributed by atoms with van der Waals surface area (Å²) in [6, 6.07) is 53.4. The Kier molecular flexibility index (Phi) is 5.44. The highest BCUT2D eigenvalue weighted by molar-refractivity contribution is 7.23. The van der Waals surface area contributed by atoms with Crippen molar-refractivity contribution in [1.29, 1.82) is 0 Å². The molecule has 7 heteroatoms. The van der Waals surface area contributed by atoms with Crippen LogP contribution in [0.2, 0.25) is 0 Å². The van der Waals surface area contributed by atoms with E-state index in [0.29, 0.717) is 11.0 Å². The number of fused-ring (bicyclic) bond motifs is 8. The summed E-state index contributed by atoms with van der Waals surface area (Å²) in [6.07, 6.45) is 0. The zero-order valence-electron chi connectivity index (χ0n) is 27.5. The Morgan fingerprint density at radius 3 is 1.73 bits per heavy atom. The molecule has 5 aromatic heterocycles. The number of para-hydroxylation sites is 4. The summed E-state index contributed by atoms with van der Waals surface area (Å²) in [6.45, 7) is 0. The summed E-state index contributed by atoms with van der Waals surface area (Å²) in [5.41, 5.74) is 11.1. The number of hydrogen-bond acceptors (Lipinski definition) is 4. The highest BCUT2D eigenvalue weighted by Crippen LogP contribution is 2.40. The van der Waals surface area contributed by atoms with E-state index in [-0.39, 0.29) is 5.56 Å². The van der Waals surface area contributed by atoms with Crippen LogP contribution in [-0.4, -0.2) is 23.5 Å². The maximum Gasteiger partial charge on any atom is 0.281 e. The van der Waals surface area contributed by atoms with Gasteiger partial charge in [0.25, 0.3) is 5.56 Å². The number of thiazole rings is 1. The van der Waals surface area contributed by atoms with E-state index in [0.717, 1.165) is 64.8 Å². The van der Waals surface area contributed by atoms with E-state index in [2.05, 4.69) is 140 Å². The normalized spacial score (nSPS) is 12.3. The van der Waals surface area contributed by atoms with Gasteiger partial charge < -0.3 is 9.13 Å². The summed E-state index contributed by atoms with van der Waals surface area (Å²) in [5.74, 6) is 0. The third-order valence-electron chi connectivity index (χ3n) is 10.6. The summed E-state index contributed by atoms with van der Waals surface area (Å²) in [7, 11) is 0. The zero-order valence-corrected chi connectivity index (χ0v) is 28.3. The van der Waals surface area contributed by atoms with Crippen molar-refractivity contribution in [2.24, 2.45) is 0 Å². The quantitative estimate of drug-likeness (QED) is 0.174. The van der Waals surface area contributed by atoms with Crippen LogP contribution in [0.25, 0.3) is 103 Å². The molecule has 0 aliphatic rings. The lowest BCUT2D eigenvalue weighted by atomic mass is 10.0. The number of rotatable bonds is 3. The van der Waals surface area contributed by atoms with Crippen molar-refractivity contribution < 1.29 is 0 Å². The van der Waals surface area contributed by atoms with Gasteiger partial charge in [-0.15, -0.1) is 0 Å². The van der Waals surface area contributed by atoms with Gasteiger partial charge in [-0.2, -0.15) is 4.98 Å². The first-order chi connectivity index (χ1) is 25.7. The zero-order chi connectivity index (χ0) is 34.1. The molecule has 52 heavy (non-hydrogen) atoms. The van der Waals surface area contributed by atoms with E-state index in [1.807, 2.05) is 30.3 Å². The predicted molar refractivity (Wildman–Crippen MR) is 215 cm³/mol. The fourth-order valence-electron chi connectivity index (χ4n) is 8.39. The molecule has 12 aromatic rings. The summed E-state index contributed by atoms with van der Waals surface area (Å²) >= 11 is 1.60. The number of hydrogen-bond donors (Lipinski definition) is 0. The Bertz CT molecular complexity index is 3500. The SMILES string of the molecule is O=c1nc2c3ccccc3nc3sc4cc(-n5c6ccccc6c6cc(-c7ccc8c(c7)c7ccccc7n8-c7ccccc7)ccc65)cc1c4n32. The molecule has 0 aliphatic carbocycles. The standard InChI is InChI=1S/C45H25N5OS/c51-44-35-24-29(25-41-42(35)50-43(47-44)32-14-4-7-15-36(32)46-45(50)52-41)49-38-17-9-6-13-31(38)34-23-27(19-21-40(34)49)26-18-20-39-33(22-26)30-12-5-8-16-37(30)48(39)28-10-2-1-3-11-28/h1-25H. The molecule has 5 heterocycles. The summed E-state index contributed by atoms with van der Waals surface area (Å²) < 4.78 is 7.69. The smallest absolute Gasteiger partial charge is 0.281 e. The molecule has 0 amide bonds. The van der Waals surface area contributed by atoms with Gasteiger partial charge in [-0.3, -0.25) is 9.20 Å². The Labute approximate surface area is 299 Å². The van der Waals surface area contributed by atoms with E-state index in [9.17, 15) is 4.79 Å².